The summed E-state index contributed by atoms with van der Waals surface area (Å²) in [5.41, 5.74) is 0. The Morgan fingerprint density at radius 3 is 1.40 bits per heavy atom. The summed E-state index contributed by atoms with van der Waals surface area (Å²) in [6, 6.07) is 0. The van der Waals surface area contributed by atoms with Crippen molar-refractivity contribution in [1.82, 2.24) is 0 Å². The van der Waals surface area contributed by atoms with Gasteiger partial charge in [-0.05, 0) is 73.3 Å². The van der Waals surface area contributed by atoms with Gasteiger partial charge in [-0.15, -0.1) is 0 Å². The highest BCUT2D eigenvalue weighted by molar-refractivity contribution is 8.12. The third kappa shape index (κ3) is 12.5. The highest BCUT2D eigenvalue weighted by atomic mass is 32.2. The molecule has 2 aliphatic rings. The molecule has 2 rings (SSSR count). The molecule has 0 bridgehead atoms. The van der Waals surface area contributed by atoms with Crippen LogP contribution in [0.4, 0.5) is 0 Å². The van der Waals surface area contributed by atoms with E-state index < -0.39 is 61.2 Å². The number of thiocarbonyl (C=S) groups is 6. The van der Waals surface area contributed by atoms with Crippen LogP contribution in [0.5, 0.6) is 0 Å². The van der Waals surface area contributed by atoms with Gasteiger partial charge >= 0.3 is 0 Å². The van der Waals surface area contributed by atoms with Crippen LogP contribution in [0.1, 0.15) is 6.92 Å². The van der Waals surface area contributed by atoms with E-state index in [0.717, 1.165) is 0 Å². The van der Waals surface area contributed by atoms with Gasteiger partial charge in [0.05, 0.1) is 0 Å². The molecule has 10 atom stereocenters. The molecule has 0 spiro atoms. The summed E-state index contributed by atoms with van der Waals surface area (Å²) in [5.74, 6) is -0.416. The van der Waals surface area contributed by atoms with Crippen LogP contribution in [-0.2, 0) is 47.4 Å². The molecule has 2 heterocycles. The van der Waals surface area contributed by atoms with Crippen LogP contribution >= 0.6 is 149 Å². The maximum Gasteiger partial charge on any atom is 0.217 e. The predicted molar refractivity (Wildman–Crippen MR) is 199 cm³/mol. The molecule has 6 unspecified atom stereocenters. The summed E-state index contributed by atoms with van der Waals surface area (Å²) in [4.78, 5) is 0. The second kappa shape index (κ2) is 19.2. The van der Waals surface area contributed by atoms with Crippen LogP contribution < -0.4 is 0 Å². The van der Waals surface area contributed by atoms with E-state index in [1.807, 2.05) is 6.92 Å². The minimum absolute atomic E-state index is 0.00468. The zero-order chi connectivity index (χ0) is 31.7. The number of ether oxygens (including phenoxy) is 10. The second-order valence-corrected chi connectivity index (χ2v) is 14.8. The number of rotatable bonds is 11. The van der Waals surface area contributed by atoms with Gasteiger partial charge in [0.15, 0.2) is 30.9 Å². The zero-order valence-corrected chi connectivity index (χ0v) is 31.7. The molecule has 0 aliphatic carbocycles. The first-order valence-electron chi connectivity index (χ1n) is 11.4. The van der Waals surface area contributed by atoms with Gasteiger partial charge in [-0.2, -0.15) is 0 Å². The van der Waals surface area contributed by atoms with Gasteiger partial charge in [-0.25, -0.2) is 0 Å². The van der Waals surface area contributed by atoms with Crippen LogP contribution in [0.15, 0.2) is 0 Å². The van der Waals surface area contributed by atoms with Crippen molar-refractivity contribution in [2.75, 3.05) is 20.3 Å². The summed E-state index contributed by atoms with van der Waals surface area (Å²) in [6.45, 7) is 1.64. The lowest BCUT2D eigenvalue weighted by atomic mass is 9.90. The molecule has 0 amide bonds. The van der Waals surface area contributed by atoms with Crippen molar-refractivity contribution < 1.29 is 47.4 Å². The fraction of sp³-hybridized carbons (Fsp3) is 0.700. The molecule has 0 saturated carbocycles. The number of thiol groups is 6. The average molecular weight is 811 g/mol. The standard InChI is InChI=1S/C20H26O10S12/c1-5-6(3-22-15(31)32)24-14(11(29-19(39)40)8(5)27-17(35)36)26-9-7(4-23-16(33)34)25-13(21-2)12(30-20(41)42)10(9)28-18(37)38/h5-14H,3-4H2,1-2H3,(H,31,32)(H,33,34)(H,35,36)(H,37,38)(H,39,40)(H,41,42)/t5-,6?,7?,8?,9-,10?,11?,12?,13-,14+/m1/s1. The van der Waals surface area contributed by atoms with Gasteiger partial charge in [0.2, 0.25) is 26.3 Å². The Morgan fingerprint density at radius 1 is 0.548 bits per heavy atom. The molecule has 238 valence electrons. The van der Waals surface area contributed by atoms with Gasteiger partial charge in [0, 0.05) is 13.0 Å². The van der Waals surface area contributed by atoms with Crippen LogP contribution in [-0.4, -0.2) is 102 Å². The van der Waals surface area contributed by atoms with Crippen LogP contribution in [0.25, 0.3) is 0 Å². The summed E-state index contributed by atoms with van der Waals surface area (Å²) >= 11 is 54.9. The van der Waals surface area contributed by atoms with Crippen LogP contribution in [0.2, 0.25) is 0 Å². The zero-order valence-electron chi connectivity index (χ0n) is 21.4. The molecule has 0 radical (unpaired) electrons. The molecule has 0 N–H and O–H groups in total. The van der Waals surface area contributed by atoms with Gasteiger partial charge in [0.25, 0.3) is 0 Å². The monoisotopic (exact) mass is 810 g/mol. The quantitative estimate of drug-likeness (QED) is 0.134. The molecule has 22 heteroatoms. The van der Waals surface area contributed by atoms with Crippen molar-refractivity contribution in [3.63, 3.8) is 0 Å². The molecule has 0 aromatic heterocycles. The Hall–Kier alpha value is 1.28. The fourth-order valence-electron chi connectivity index (χ4n) is 4.19. The van der Waals surface area contributed by atoms with Crippen molar-refractivity contribution in [2.24, 2.45) is 5.92 Å². The fourth-order valence-corrected chi connectivity index (χ4v) is 5.41. The highest BCUT2D eigenvalue weighted by Gasteiger charge is 2.55. The van der Waals surface area contributed by atoms with E-state index in [1.54, 1.807) is 0 Å². The first-order valence-corrected chi connectivity index (χ1v) is 16.6. The molecule has 10 nitrogen and oxygen atoms in total. The Balaban J connectivity index is 2.60. The van der Waals surface area contributed by atoms with E-state index in [2.05, 4.69) is 75.8 Å². The lowest BCUT2D eigenvalue weighted by molar-refractivity contribution is -0.345. The summed E-state index contributed by atoms with van der Waals surface area (Å²) in [5, 5.41) is 0. The number of hydrogen-bond acceptors (Lipinski definition) is 16. The van der Waals surface area contributed by atoms with Gasteiger partial charge in [-0.3, -0.25) is 0 Å². The van der Waals surface area contributed by atoms with Gasteiger partial charge < -0.3 is 47.4 Å². The van der Waals surface area contributed by atoms with E-state index in [-0.39, 0.29) is 39.5 Å². The minimum atomic E-state index is -1.26. The molecular weight excluding hydrogens is 785 g/mol. The maximum atomic E-state index is 6.51. The average Bonchev–Trinajstić information content (AvgIpc) is 2.86. The van der Waals surface area contributed by atoms with E-state index in [9.17, 15) is 0 Å². The van der Waals surface area contributed by atoms with E-state index in [4.69, 9.17) is 121 Å². The summed E-state index contributed by atoms with van der Waals surface area (Å²) in [7, 11) is 1.39. The van der Waals surface area contributed by atoms with E-state index in [0.29, 0.717) is 0 Å². The third-order valence-electron chi connectivity index (χ3n) is 5.81. The Labute approximate surface area is 308 Å². The van der Waals surface area contributed by atoms with Gasteiger partial charge in [0.1, 0.15) is 37.6 Å². The molecule has 42 heavy (non-hydrogen) atoms. The number of hydrogen-bond donors (Lipinski definition) is 6. The molecule has 2 fully saturated rings. The lowest BCUT2D eigenvalue weighted by Crippen LogP contribution is -2.65. The van der Waals surface area contributed by atoms with Crippen LogP contribution in [0.3, 0.4) is 0 Å². The highest BCUT2D eigenvalue weighted by Crippen LogP contribution is 2.37. The SMILES string of the molecule is CO[C@@H]1OC(COC(=S)S)[C@@H](O[C@@H]2OC(COC(=S)S)[C@@H](C)C(OC(=S)S)C2OC(=S)S)C(OC(=S)S)C1OC(=S)S. The minimum Gasteiger partial charge on any atom is -0.476 e. The largest absolute Gasteiger partial charge is 0.476 e. The molecular formula is C20H26O10S12. The van der Waals surface area contributed by atoms with Crippen molar-refractivity contribution >= 4 is 175 Å². The first kappa shape index (κ1) is 39.5. The van der Waals surface area contributed by atoms with Crippen molar-refractivity contribution in [3.05, 3.63) is 0 Å². The Bertz CT molecular complexity index is 1020. The summed E-state index contributed by atoms with van der Waals surface area (Å²) < 4.78 is 58.2. The van der Waals surface area contributed by atoms with Crippen molar-refractivity contribution in [2.45, 2.75) is 62.2 Å². The maximum absolute atomic E-state index is 6.51. The van der Waals surface area contributed by atoms with E-state index >= 15 is 0 Å². The van der Waals surface area contributed by atoms with Crippen molar-refractivity contribution in [1.29, 1.82) is 0 Å². The van der Waals surface area contributed by atoms with Gasteiger partial charge in [-0.1, -0.05) is 82.7 Å². The Morgan fingerprint density at radius 2 is 0.952 bits per heavy atom. The molecule has 2 saturated heterocycles. The Kier molecular flexibility index (Phi) is 18.0. The van der Waals surface area contributed by atoms with Crippen molar-refractivity contribution in [3.8, 4) is 0 Å². The topological polar surface area (TPSA) is 92.3 Å². The second-order valence-electron chi connectivity index (χ2n) is 8.33. The predicted octanol–water partition coefficient (Wildman–Crippen LogP) is 3.97. The normalized spacial score (nSPS) is 32.6. The smallest absolute Gasteiger partial charge is 0.217 e. The van der Waals surface area contributed by atoms with Crippen LogP contribution in [0, 0.1) is 5.92 Å². The first-order chi connectivity index (χ1) is 19.6. The molecule has 0 aromatic carbocycles. The lowest BCUT2D eigenvalue weighted by Gasteiger charge is -2.49. The van der Waals surface area contributed by atoms with E-state index in [1.165, 1.54) is 7.11 Å². The number of methoxy groups -OCH3 is 1. The molecule has 0 aromatic rings. The third-order valence-corrected chi connectivity index (χ3v) is 7.11. The summed E-state index contributed by atoms with van der Waals surface area (Å²) in [6.07, 6.45) is -9.05. The molecule has 2 aliphatic heterocycles.